The Balaban J connectivity index is 1.72. The highest BCUT2D eigenvalue weighted by atomic mass is 15.2. The predicted molar refractivity (Wildman–Crippen MR) is 114 cm³/mol. The second-order valence-corrected chi connectivity index (χ2v) is 7.84. The largest absolute Gasteiger partial charge is 0.301 e. The maximum atomic E-state index is 4.70. The molecule has 1 saturated heterocycles. The molecule has 0 bridgehead atoms. The van der Waals surface area contributed by atoms with Crippen LogP contribution in [0, 0.1) is 0 Å². The number of nitrogens with zero attached hydrogens (tertiary/aromatic N) is 3. The van der Waals surface area contributed by atoms with Crippen LogP contribution >= 0.6 is 0 Å². The van der Waals surface area contributed by atoms with Crippen molar-refractivity contribution < 1.29 is 0 Å². The Kier molecular flexibility index (Phi) is 7.82. The molecule has 2 heterocycles. The summed E-state index contributed by atoms with van der Waals surface area (Å²) >= 11 is 0. The van der Waals surface area contributed by atoms with Crippen molar-refractivity contribution in [3.8, 4) is 11.3 Å². The molecule has 0 aliphatic carbocycles. The van der Waals surface area contributed by atoms with Gasteiger partial charge in [0.25, 0.3) is 0 Å². The summed E-state index contributed by atoms with van der Waals surface area (Å²) in [6.45, 7) is 7.00. The van der Waals surface area contributed by atoms with Crippen LogP contribution in [-0.4, -0.2) is 34.2 Å². The van der Waals surface area contributed by atoms with E-state index in [0.29, 0.717) is 0 Å². The van der Waals surface area contributed by atoms with Crippen LogP contribution in [0.4, 0.5) is 0 Å². The number of aromatic nitrogens is 2. The molecule has 1 unspecified atom stereocenters. The van der Waals surface area contributed by atoms with E-state index in [1.165, 1.54) is 74.9 Å². The molecule has 1 aliphatic heterocycles. The Hall–Kier alpha value is -1.74. The molecule has 1 atom stereocenters. The Morgan fingerprint density at radius 3 is 2.63 bits per heavy atom. The van der Waals surface area contributed by atoms with Crippen molar-refractivity contribution in [1.29, 1.82) is 0 Å². The summed E-state index contributed by atoms with van der Waals surface area (Å²) in [6, 6.07) is 13.5. The van der Waals surface area contributed by atoms with Gasteiger partial charge >= 0.3 is 0 Å². The number of hydrogen-bond acceptors (Lipinski definition) is 3. The molecular formula is C24H35N3. The molecule has 0 spiro atoms. The predicted octanol–water partition coefficient (Wildman–Crippen LogP) is 5.68. The highest BCUT2D eigenvalue weighted by molar-refractivity contribution is 5.59. The van der Waals surface area contributed by atoms with Crippen molar-refractivity contribution in [2.75, 3.05) is 13.1 Å². The van der Waals surface area contributed by atoms with E-state index in [1.54, 1.807) is 0 Å². The smallest absolute Gasteiger partial charge is 0.0932 e. The molecule has 3 heteroatoms. The van der Waals surface area contributed by atoms with Gasteiger partial charge in [0.15, 0.2) is 0 Å². The number of unbranched alkanes of at least 4 members (excludes halogenated alkanes) is 3. The van der Waals surface area contributed by atoms with Crippen molar-refractivity contribution in [1.82, 2.24) is 15.1 Å². The van der Waals surface area contributed by atoms with Gasteiger partial charge in [-0.05, 0) is 63.2 Å². The van der Waals surface area contributed by atoms with E-state index >= 15 is 0 Å². The fourth-order valence-corrected chi connectivity index (χ4v) is 4.32. The van der Waals surface area contributed by atoms with Gasteiger partial charge in [0.05, 0.1) is 11.4 Å². The van der Waals surface area contributed by atoms with E-state index in [0.717, 1.165) is 24.6 Å². The SMILES string of the molecule is CCCCCCc1cc(-c2ccccc2)nnc1CCC1CCCN1CC. The number of aryl methyl sites for hydroxylation is 2. The van der Waals surface area contributed by atoms with Crippen LogP contribution in [0.2, 0.25) is 0 Å². The topological polar surface area (TPSA) is 29.0 Å². The lowest BCUT2D eigenvalue weighted by Crippen LogP contribution is -2.29. The average molecular weight is 366 g/mol. The van der Waals surface area contributed by atoms with Crippen LogP contribution in [0.5, 0.6) is 0 Å². The van der Waals surface area contributed by atoms with E-state index < -0.39 is 0 Å². The van der Waals surface area contributed by atoms with E-state index in [1.807, 2.05) is 0 Å². The van der Waals surface area contributed by atoms with Crippen molar-refractivity contribution >= 4 is 0 Å². The molecule has 0 radical (unpaired) electrons. The Labute approximate surface area is 165 Å². The second-order valence-electron chi connectivity index (χ2n) is 7.84. The van der Waals surface area contributed by atoms with Crippen molar-refractivity contribution in [3.05, 3.63) is 47.7 Å². The Morgan fingerprint density at radius 1 is 1.00 bits per heavy atom. The molecule has 3 nitrogen and oxygen atoms in total. The number of likely N-dealkylation sites (tertiary alicyclic amines) is 1. The third-order valence-electron chi connectivity index (χ3n) is 5.95. The first kappa shape index (κ1) is 20.0. The first-order valence-corrected chi connectivity index (χ1v) is 11.0. The van der Waals surface area contributed by atoms with Crippen molar-refractivity contribution in [2.24, 2.45) is 0 Å². The van der Waals surface area contributed by atoms with Crippen LogP contribution in [0.25, 0.3) is 11.3 Å². The minimum Gasteiger partial charge on any atom is -0.301 e. The minimum absolute atomic E-state index is 0.735. The summed E-state index contributed by atoms with van der Waals surface area (Å²) < 4.78 is 0. The van der Waals surface area contributed by atoms with E-state index in [-0.39, 0.29) is 0 Å². The quantitative estimate of drug-likeness (QED) is 0.507. The zero-order valence-electron chi connectivity index (χ0n) is 17.2. The van der Waals surface area contributed by atoms with Gasteiger partial charge < -0.3 is 4.90 Å². The maximum Gasteiger partial charge on any atom is 0.0932 e. The molecule has 2 aromatic rings. The number of benzene rings is 1. The lowest BCUT2D eigenvalue weighted by molar-refractivity contribution is 0.255. The lowest BCUT2D eigenvalue weighted by Gasteiger charge is -2.22. The highest BCUT2D eigenvalue weighted by Gasteiger charge is 2.23. The van der Waals surface area contributed by atoms with E-state index in [4.69, 9.17) is 5.10 Å². The summed E-state index contributed by atoms with van der Waals surface area (Å²) in [4.78, 5) is 2.63. The summed E-state index contributed by atoms with van der Waals surface area (Å²) in [5, 5.41) is 9.27. The van der Waals surface area contributed by atoms with E-state index in [9.17, 15) is 0 Å². The summed E-state index contributed by atoms with van der Waals surface area (Å²) in [5.41, 5.74) is 4.83. The fourth-order valence-electron chi connectivity index (χ4n) is 4.32. The van der Waals surface area contributed by atoms with Gasteiger partial charge in [-0.25, -0.2) is 0 Å². The number of hydrogen-bond donors (Lipinski definition) is 0. The maximum absolute atomic E-state index is 4.70. The fraction of sp³-hybridized carbons (Fsp3) is 0.583. The van der Waals surface area contributed by atoms with Gasteiger partial charge in [-0.1, -0.05) is 63.4 Å². The monoisotopic (exact) mass is 365 g/mol. The van der Waals surface area contributed by atoms with Gasteiger partial charge in [0.1, 0.15) is 0 Å². The van der Waals surface area contributed by atoms with Crippen molar-refractivity contribution in [2.45, 2.75) is 77.7 Å². The zero-order chi connectivity index (χ0) is 18.9. The molecule has 0 N–H and O–H groups in total. The minimum atomic E-state index is 0.735. The van der Waals surface area contributed by atoms with Gasteiger partial charge in [-0.3, -0.25) is 0 Å². The van der Waals surface area contributed by atoms with Crippen LogP contribution in [-0.2, 0) is 12.8 Å². The molecule has 146 valence electrons. The molecule has 0 saturated carbocycles. The molecule has 0 amide bonds. The lowest BCUT2D eigenvalue weighted by atomic mass is 9.98. The first-order chi connectivity index (χ1) is 13.3. The third-order valence-corrected chi connectivity index (χ3v) is 5.95. The Morgan fingerprint density at radius 2 is 1.85 bits per heavy atom. The summed E-state index contributed by atoms with van der Waals surface area (Å²) in [5.74, 6) is 0. The molecule has 1 aromatic heterocycles. The molecule has 1 aromatic carbocycles. The molecule has 27 heavy (non-hydrogen) atoms. The molecular weight excluding hydrogens is 330 g/mol. The van der Waals surface area contributed by atoms with Crippen molar-refractivity contribution in [3.63, 3.8) is 0 Å². The van der Waals surface area contributed by atoms with Gasteiger partial charge in [-0.15, -0.1) is 0 Å². The second kappa shape index (κ2) is 10.6. The molecule has 1 fully saturated rings. The van der Waals surface area contributed by atoms with Gasteiger partial charge in [0.2, 0.25) is 0 Å². The van der Waals surface area contributed by atoms with Crippen LogP contribution < -0.4 is 0 Å². The third kappa shape index (κ3) is 5.62. The normalized spacial score (nSPS) is 17.5. The first-order valence-electron chi connectivity index (χ1n) is 11.0. The van der Waals surface area contributed by atoms with Crippen LogP contribution in [0.1, 0.15) is 70.1 Å². The molecule has 1 aliphatic rings. The average Bonchev–Trinajstić information content (AvgIpc) is 3.18. The van der Waals surface area contributed by atoms with Crippen LogP contribution in [0.3, 0.4) is 0 Å². The molecule has 3 rings (SSSR count). The summed E-state index contributed by atoms with van der Waals surface area (Å²) in [7, 11) is 0. The standard InChI is InChI=1S/C24H35N3/c1-3-5-6-8-14-21-19-24(20-12-9-7-10-13-20)26-25-23(21)17-16-22-15-11-18-27(22)4-2/h7,9-10,12-13,19,22H,3-6,8,11,14-18H2,1-2H3. The van der Waals surface area contributed by atoms with Gasteiger partial charge in [0, 0.05) is 11.6 Å². The number of rotatable bonds is 10. The summed E-state index contributed by atoms with van der Waals surface area (Å²) in [6.07, 6.45) is 11.3. The Bertz CT molecular complexity index is 683. The zero-order valence-corrected chi connectivity index (χ0v) is 17.2. The van der Waals surface area contributed by atoms with Crippen LogP contribution in [0.15, 0.2) is 36.4 Å². The van der Waals surface area contributed by atoms with Gasteiger partial charge in [-0.2, -0.15) is 10.2 Å². The highest BCUT2D eigenvalue weighted by Crippen LogP contribution is 2.24. The van der Waals surface area contributed by atoms with E-state index in [2.05, 4.69) is 60.2 Å².